The first-order valence-electron chi connectivity index (χ1n) is 9.33. The van der Waals surface area contributed by atoms with E-state index in [1.807, 2.05) is 22.9 Å². The van der Waals surface area contributed by atoms with Crippen molar-refractivity contribution in [3.05, 3.63) is 40.9 Å². The Kier molecular flexibility index (Phi) is 3.17. The first-order valence-corrected chi connectivity index (χ1v) is 8.62. The van der Waals surface area contributed by atoms with E-state index in [9.17, 15) is 0 Å². The van der Waals surface area contributed by atoms with Gasteiger partial charge in [0.25, 0.3) is 0 Å². The van der Waals surface area contributed by atoms with Crippen LogP contribution < -0.4 is 5.73 Å². The zero-order valence-electron chi connectivity index (χ0n) is 16.0. The van der Waals surface area contributed by atoms with Crippen LogP contribution in [0.2, 0.25) is 0 Å². The van der Waals surface area contributed by atoms with Gasteiger partial charge in [0.2, 0.25) is 5.95 Å². The van der Waals surface area contributed by atoms with Crippen LogP contribution in [0.3, 0.4) is 0 Å². The van der Waals surface area contributed by atoms with Gasteiger partial charge in [-0.15, -0.1) is 0 Å². The minimum atomic E-state index is -2.02. The van der Waals surface area contributed by atoms with Gasteiger partial charge in [-0.05, 0) is 72.5 Å². The van der Waals surface area contributed by atoms with Gasteiger partial charge in [-0.1, -0.05) is 0 Å². The Labute approximate surface area is 153 Å². The predicted octanol–water partition coefficient (Wildman–Crippen LogP) is 2.97. The number of hydrogen-bond acceptors (Lipinski definition) is 5. The Hall–Kier alpha value is -1.99. The highest BCUT2D eigenvalue weighted by molar-refractivity contribution is 9.10. The van der Waals surface area contributed by atoms with Crippen molar-refractivity contribution in [2.45, 2.75) is 18.8 Å². The molecule has 0 atom stereocenters. The van der Waals surface area contributed by atoms with Gasteiger partial charge in [-0.25, -0.2) is 9.97 Å². The van der Waals surface area contributed by atoms with Crippen LogP contribution in [0, 0.1) is 0 Å². The van der Waals surface area contributed by atoms with Gasteiger partial charge < -0.3 is 15.2 Å². The van der Waals surface area contributed by atoms with Crippen molar-refractivity contribution in [1.29, 1.82) is 0 Å². The molecular weight excluding hydrogens is 368 g/mol. The van der Waals surface area contributed by atoms with E-state index in [0.717, 1.165) is 33.9 Å². The van der Waals surface area contributed by atoms with Gasteiger partial charge >= 0.3 is 0 Å². The molecule has 0 aromatic carbocycles. The summed E-state index contributed by atoms with van der Waals surface area (Å²) in [5, 5.41) is 1.04. The van der Waals surface area contributed by atoms with Crippen LogP contribution in [0.15, 0.2) is 35.3 Å². The second-order valence-electron chi connectivity index (χ2n) is 6.01. The molecular formula is C17H19BrN6. The molecule has 1 fully saturated rings. The van der Waals surface area contributed by atoms with Crippen molar-refractivity contribution < 1.29 is 4.11 Å². The number of likely N-dealkylation sites (tertiary alicyclic amines) is 1. The zero-order chi connectivity index (χ0) is 19.2. The monoisotopic (exact) mass is 389 g/mol. The number of nitrogens with two attached hydrogens (primary N) is 1. The summed E-state index contributed by atoms with van der Waals surface area (Å²) in [5.74, 6) is 1.18. The van der Waals surface area contributed by atoms with Crippen LogP contribution in [-0.4, -0.2) is 44.5 Å². The average Bonchev–Trinajstić information content (AvgIpc) is 3.00. The molecule has 0 unspecified atom stereocenters. The van der Waals surface area contributed by atoms with E-state index in [1.165, 1.54) is 0 Å². The molecule has 4 heterocycles. The Bertz CT molecular complexity index is 978. The minimum absolute atomic E-state index is 0.218. The van der Waals surface area contributed by atoms with Gasteiger partial charge in [-0.3, -0.25) is 0 Å². The first kappa shape index (κ1) is 12.4. The highest BCUT2D eigenvalue weighted by atomic mass is 79.9. The summed E-state index contributed by atoms with van der Waals surface area (Å²) in [4.78, 5) is 14.3. The molecule has 3 aromatic heterocycles. The predicted molar refractivity (Wildman–Crippen MR) is 98.2 cm³/mol. The van der Waals surface area contributed by atoms with Crippen LogP contribution in [0.1, 0.15) is 28.4 Å². The summed E-state index contributed by atoms with van der Waals surface area (Å²) >= 11 is 3.44. The number of rotatable bonds is 2. The number of halogens is 1. The van der Waals surface area contributed by atoms with Crippen LogP contribution in [0.5, 0.6) is 0 Å². The Morgan fingerprint density at radius 1 is 1.33 bits per heavy atom. The van der Waals surface area contributed by atoms with Gasteiger partial charge in [0, 0.05) is 28.1 Å². The van der Waals surface area contributed by atoms with Crippen molar-refractivity contribution in [2.75, 3.05) is 25.8 Å². The van der Waals surface area contributed by atoms with Gasteiger partial charge in [0.15, 0.2) is 0 Å². The fraction of sp³-hybridized carbons (Fsp3) is 0.353. The molecule has 0 saturated carbocycles. The topological polar surface area (TPSA) is 72.9 Å². The molecule has 2 N–H and O–H groups in total. The van der Waals surface area contributed by atoms with Gasteiger partial charge in [0.05, 0.1) is 5.52 Å². The quantitative estimate of drug-likeness (QED) is 0.682. The Morgan fingerprint density at radius 3 is 2.92 bits per heavy atom. The standard InChI is InChI=1S/C17H19BrN6/c1-23-6-3-11(4-7-23)13-10-24(16-2-5-20-17(19)22-16)14-8-15(18)21-9-12(13)14/h2,5,8-11H,3-4,6-7H2,1H3,(H2,19,20,22)/i1D3. The number of fused-ring (bicyclic) bond motifs is 1. The molecule has 3 aromatic rings. The van der Waals surface area contributed by atoms with Crippen molar-refractivity contribution >= 4 is 32.8 Å². The van der Waals surface area contributed by atoms with Crippen molar-refractivity contribution in [1.82, 2.24) is 24.4 Å². The largest absolute Gasteiger partial charge is 0.368 e. The molecule has 0 amide bonds. The second kappa shape index (κ2) is 6.14. The number of hydrogen-bond donors (Lipinski definition) is 1. The molecule has 1 aliphatic rings. The van der Waals surface area contributed by atoms with E-state index in [1.54, 1.807) is 11.1 Å². The molecule has 24 heavy (non-hydrogen) atoms. The number of anilines is 1. The van der Waals surface area contributed by atoms with Crippen LogP contribution >= 0.6 is 15.9 Å². The maximum absolute atomic E-state index is 7.60. The number of pyridine rings is 1. The van der Waals surface area contributed by atoms with E-state index in [-0.39, 0.29) is 11.9 Å². The summed E-state index contributed by atoms with van der Waals surface area (Å²) in [6.45, 7) is -0.916. The maximum atomic E-state index is 7.60. The summed E-state index contributed by atoms with van der Waals surface area (Å²) in [6.07, 6.45) is 7.13. The molecule has 7 heteroatoms. The van der Waals surface area contributed by atoms with E-state index in [4.69, 9.17) is 9.85 Å². The lowest BCUT2D eigenvalue weighted by molar-refractivity contribution is 0.256. The number of nitrogen functional groups attached to an aromatic ring is 1. The van der Waals surface area contributed by atoms with Crippen LogP contribution in [0.25, 0.3) is 16.7 Å². The fourth-order valence-electron chi connectivity index (χ4n) is 3.32. The highest BCUT2D eigenvalue weighted by Crippen LogP contribution is 2.35. The van der Waals surface area contributed by atoms with E-state index >= 15 is 0 Å². The molecule has 6 nitrogen and oxygen atoms in total. The molecule has 1 aliphatic heterocycles. The fourth-order valence-corrected chi connectivity index (χ4v) is 3.64. The lowest BCUT2D eigenvalue weighted by Gasteiger charge is -2.28. The zero-order valence-corrected chi connectivity index (χ0v) is 14.6. The Balaban J connectivity index is 1.74. The summed E-state index contributed by atoms with van der Waals surface area (Å²) < 4.78 is 25.5. The first-order chi connectivity index (χ1) is 12.8. The van der Waals surface area contributed by atoms with Crippen molar-refractivity contribution in [2.24, 2.45) is 0 Å². The van der Waals surface area contributed by atoms with E-state index < -0.39 is 6.98 Å². The maximum Gasteiger partial charge on any atom is 0.221 e. The third-order valence-electron chi connectivity index (χ3n) is 4.53. The third kappa shape index (κ3) is 2.78. The van der Waals surface area contributed by atoms with Gasteiger partial charge in [0.1, 0.15) is 10.4 Å². The van der Waals surface area contributed by atoms with Crippen molar-refractivity contribution in [3.8, 4) is 5.82 Å². The normalized spacial score (nSPS) is 19.1. The highest BCUT2D eigenvalue weighted by Gasteiger charge is 2.23. The molecule has 0 radical (unpaired) electrons. The Morgan fingerprint density at radius 2 is 2.17 bits per heavy atom. The lowest BCUT2D eigenvalue weighted by atomic mass is 9.90. The number of piperidine rings is 1. The molecule has 4 rings (SSSR count). The SMILES string of the molecule is [2H]C([2H])([2H])N1CCC(c2cn(-c3ccnc(N)n3)c3cc(Br)ncc23)CC1. The number of aromatic nitrogens is 4. The smallest absolute Gasteiger partial charge is 0.221 e. The van der Waals surface area contributed by atoms with Gasteiger partial charge in [-0.2, -0.15) is 4.98 Å². The molecule has 0 aliphatic carbocycles. The molecule has 0 bridgehead atoms. The number of nitrogens with zero attached hydrogens (tertiary/aromatic N) is 5. The van der Waals surface area contributed by atoms with Crippen LogP contribution in [-0.2, 0) is 0 Å². The summed E-state index contributed by atoms with van der Waals surface area (Å²) in [6, 6.07) is 3.76. The molecule has 1 saturated heterocycles. The molecule has 124 valence electrons. The lowest BCUT2D eigenvalue weighted by Crippen LogP contribution is -2.29. The third-order valence-corrected chi connectivity index (χ3v) is 4.96. The van der Waals surface area contributed by atoms with Crippen molar-refractivity contribution in [3.63, 3.8) is 0 Å². The summed E-state index contributed by atoms with van der Waals surface area (Å²) in [7, 11) is 0. The minimum Gasteiger partial charge on any atom is -0.368 e. The average molecular weight is 390 g/mol. The molecule has 0 spiro atoms. The van der Waals surface area contributed by atoms with Crippen LogP contribution in [0.4, 0.5) is 5.95 Å². The van der Waals surface area contributed by atoms with E-state index in [2.05, 4.69) is 37.1 Å². The second-order valence-corrected chi connectivity index (χ2v) is 6.83. The van der Waals surface area contributed by atoms with E-state index in [0.29, 0.717) is 18.9 Å². The summed E-state index contributed by atoms with van der Waals surface area (Å²) in [5.41, 5.74) is 7.89.